The lowest BCUT2D eigenvalue weighted by molar-refractivity contribution is 0.218. The molecule has 0 saturated heterocycles. The second-order valence-corrected chi connectivity index (χ2v) is 4.78. The first-order valence-corrected chi connectivity index (χ1v) is 6.09. The molecular formula is C9H12FO4P. The molecule has 0 aliphatic rings. The minimum Gasteiger partial charge on any atom is -0.478 e. The van der Waals surface area contributed by atoms with Crippen LogP contribution in [0.1, 0.15) is 13.3 Å². The van der Waals surface area contributed by atoms with Crippen molar-refractivity contribution in [1.82, 2.24) is 0 Å². The van der Waals surface area contributed by atoms with Crippen LogP contribution in [0.5, 0.6) is 5.75 Å². The van der Waals surface area contributed by atoms with Crippen LogP contribution >= 0.6 is 7.60 Å². The summed E-state index contributed by atoms with van der Waals surface area (Å²) in [6.07, 6.45) is 0.154. The van der Waals surface area contributed by atoms with E-state index < -0.39 is 19.3 Å². The molecule has 6 heteroatoms. The van der Waals surface area contributed by atoms with Crippen LogP contribution in [0.2, 0.25) is 0 Å². The molecule has 1 atom stereocenters. The normalized spacial score (nSPS) is 13.6. The van der Waals surface area contributed by atoms with Gasteiger partial charge in [0.2, 0.25) is 0 Å². The van der Waals surface area contributed by atoms with Crippen molar-refractivity contribution in [2.24, 2.45) is 0 Å². The van der Waals surface area contributed by atoms with E-state index in [0.29, 0.717) is 0 Å². The highest BCUT2D eigenvalue weighted by molar-refractivity contribution is 7.52. The quantitative estimate of drug-likeness (QED) is 0.783. The summed E-state index contributed by atoms with van der Waals surface area (Å²) in [7, 11) is -4.30. The Morgan fingerprint density at radius 3 is 2.67 bits per heavy atom. The standard InChI is InChI=1S/C9H12FO4P/c1-2-9(15(11,12)13)14-8-5-3-4-7(10)6-8/h3-6,9H,2H2,1H3,(H2,11,12,13). The van der Waals surface area contributed by atoms with E-state index in [9.17, 15) is 8.96 Å². The third-order valence-electron chi connectivity index (χ3n) is 1.79. The Morgan fingerprint density at radius 2 is 2.20 bits per heavy atom. The average Bonchev–Trinajstić information content (AvgIpc) is 2.12. The van der Waals surface area contributed by atoms with Crippen LogP contribution < -0.4 is 4.74 Å². The van der Waals surface area contributed by atoms with Gasteiger partial charge in [-0.25, -0.2) is 4.39 Å². The minimum absolute atomic E-state index is 0.116. The monoisotopic (exact) mass is 234 g/mol. The van der Waals surface area contributed by atoms with Crippen LogP contribution in [0.4, 0.5) is 4.39 Å². The Labute approximate surface area is 86.9 Å². The molecule has 0 aliphatic carbocycles. The van der Waals surface area contributed by atoms with E-state index >= 15 is 0 Å². The molecule has 0 amide bonds. The molecule has 1 unspecified atom stereocenters. The van der Waals surface area contributed by atoms with Gasteiger partial charge >= 0.3 is 7.60 Å². The molecule has 0 fully saturated rings. The van der Waals surface area contributed by atoms with Gasteiger partial charge in [0.25, 0.3) is 0 Å². The summed E-state index contributed by atoms with van der Waals surface area (Å²) in [5.74, 6) is -1.61. The maximum atomic E-state index is 12.7. The maximum absolute atomic E-state index is 12.7. The first-order chi connectivity index (χ1) is 6.93. The molecule has 15 heavy (non-hydrogen) atoms. The number of hydrogen-bond donors (Lipinski definition) is 2. The highest BCUT2D eigenvalue weighted by atomic mass is 31.2. The van der Waals surface area contributed by atoms with E-state index in [-0.39, 0.29) is 12.2 Å². The highest BCUT2D eigenvalue weighted by Gasteiger charge is 2.28. The molecule has 0 heterocycles. The summed E-state index contributed by atoms with van der Waals surface area (Å²) in [4.78, 5) is 17.8. The van der Waals surface area contributed by atoms with Crippen molar-refractivity contribution in [3.63, 3.8) is 0 Å². The van der Waals surface area contributed by atoms with Gasteiger partial charge in [0.1, 0.15) is 11.6 Å². The Kier molecular flexibility index (Phi) is 3.85. The van der Waals surface area contributed by atoms with E-state index in [2.05, 4.69) is 0 Å². The van der Waals surface area contributed by atoms with Crippen LogP contribution in [0.15, 0.2) is 24.3 Å². The summed E-state index contributed by atoms with van der Waals surface area (Å²) in [5.41, 5.74) is 0. The third-order valence-corrected chi connectivity index (χ3v) is 3.01. The fourth-order valence-electron chi connectivity index (χ4n) is 1.09. The van der Waals surface area contributed by atoms with Crippen molar-refractivity contribution in [3.05, 3.63) is 30.1 Å². The zero-order valence-corrected chi connectivity index (χ0v) is 9.02. The minimum atomic E-state index is -4.30. The van der Waals surface area contributed by atoms with Crippen molar-refractivity contribution in [1.29, 1.82) is 0 Å². The average molecular weight is 234 g/mol. The van der Waals surface area contributed by atoms with Gasteiger partial charge < -0.3 is 14.5 Å². The molecule has 0 radical (unpaired) electrons. The van der Waals surface area contributed by atoms with Crippen LogP contribution in [-0.2, 0) is 4.57 Å². The molecule has 0 aromatic heterocycles. The molecule has 0 spiro atoms. The van der Waals surface area contributed by atoms with Gasteiger partial charge in [0, 0.05) is 6.07 Å². The fraction of sp³-hybridized carbons (Fsp3) is 0.333. The molecule has 1 rings (SSSR count). The molecule has 1 aromatic rings. The van der Waals surface area contributed by atoms with Gasteiger partial charge in [-0.15, -0.1) is 0 Å². The van der Waals surface area contributed by atoms with Gasteiger partial charge in [-0.05, 0) is 18.6 Å². The SMILES string of the molecule is CCC(Oc1cccc(F)c1)P(=O)(O)O. The number of benzene rings is 1. The molecule has 1 aromatic carbocycles. The second kappa shape index (κ2) is 4.75. The largest absolute Gasteiger partial charge is 0.478 e. The van der Waals surface area contributed by atoms with Gasteiger partial charge in [-0.2, -0.15) is 0 Å². The molecule has 0 saturated carbocycles. The van der Waals surface area contributed by atoms with Crippen LogP contribution in [-0.4, -0.2) is 15.6 Å². The van der Waals surface area contributed by atoms with E-state index in [1.54, 1.807) is 6.92 Å². The smallest absolute Gasteiger partial charge is 0.365 e. The molecule has 0 aliphatic heterocycles. The Morgan fingerprint density at radius 1 is 1.53 bits per heavy atom. The predicted octanol–water partition coefficient (Wildman–Crippen LogP) is 2.12. The first kappa shape index (κ1) is 12.2. The van der Waals surface area contributed by atoms with Gasteiger partial charge in [-0.1, -0.05) is 13.0 Å². The van der Waals surface area contributed by atoms with Crippen molar-refractivity contribution in [3.8, 4) is 5.75 Å². The lowest BCUT2D eigenvalue weighted by Crippen LogP contribution is -2.15. The van der Waals surface area contributed by atoms with E-state index in [1.165, 1.54) is 18.2 Å². The third kappa shape index (κ3) is 3.63. The van der Waals surface area contributed by atoms with Crippen LogP contribution in [0.25, 0.3) is 0 Å². The summed E-state index contributed by atoms with van der Waals surface area (Å²) >= 11 is 0. The van der Waals surface area contributed by atoms with Crippen molar-refractivity contribution in [2.45, 2.75) is 19.2 Å². The van der Waals surface area contributed by atoms with Crippen molar-refractivity contribution >= 4 is 7.60 Å². The molecule has 4 nitrogen and oxygen atoms in total. The topological polar surface area (TPSA) is 66.8 Å². The van der Waals surface area contributed by atoms with Gasteiger partial charge in [-0.3, -0.25) is 4.57 Å². The van der Waals surface area contributed by atoms with Gasteiger partial charge in [0.05, 0.1) is 0 Å². The Bertz CT molecular complexity index is 376. The first-order valence-electron chi connectivity index (χ1n) is 4.41. The summed E-state index contributed by atoms with van der Waals surface area (Å²) < 4.78 is 28.7. The predicted molar refractivity (Wildman–Crippen MR) is 53.2 cm³/mol. The molecule has 84 valence electrons. The number of halogens is 1. The van der Waals surface area contributed by atoms with E-state index in [4.69, 9.17) is 14.5 Å². The zero-order chi connectivity index (χ0) is 11.5. The van der Waals surface area contributed by atoms with Gasteiger partial charge in [0.15, 0.2) is 5.85 Å². The summed E-state index contributed by atoms with van der Waals surface area (Å²) in [6, 6.07) is 5.17. The number of rotatable bonds is 4. The maximum Gasteiger partial charge on any atom is 0.365 e. The van der Waals surface area contributed by atoms with Crippen molar-refractivity contribution in [2.75, 3.05) is 0 Å². The molecule has 0 bridgehead atoms. The second-order valence-electron chi connectivity index (χ2n) is 3.03. The fourth-order valence-corrected chi connectivity index (χ4v) is 1.82. The zero-order valence-electron chi connectivity index (χ0n) is 8.13. The summed E-state index contributed by atoms with van der Waals surface area (Å²) in [6.45, 7) is 1.59. The number of hydrogen-bond acceptors (Lipinski definition) is 2. The lowest BCUT2D eigenvalue weighted by atomic mass is 10.3. The lowest BCUT2D eigenvalue weighted by Gasteiger charge is -2.18. The van der Waals surface area contributed by atoms with Crippen LogP contribution in [0, 0.1) is 5.82 Å². The highest BCUT2D eigenvalue weighted by Crippen LogP contribution is 2.43. The summed E-state index contributed by atoms with van der Waals surface area (Å²) in [5, 5.41) is 0. The molecular weight excluding hydrogens is 222 g/mol. The van der Waals surface area contributed by atoms with E-state index in [0.717, 1.165) is 6.07 Å². The van der Waals surface area contributed by atoms with Crippen molar-refractivity contribution < 1.29 is 23.5 Å². The Balaban J connectivity index is 2.80. The van der Waals surface area contributed by atoms with E-state index in [1.807, 2.05) is 0 Å². The molecule has 2 N–H and O–H groups in total. The number of ether oxygens (including phenoxy) is 1. The Hall–Kier alpha value is -0.900. The van der Waals surface area contributed by atoms with Crippen LogP contribution in [0.3, 0.4) is 0 Å².